The van der Waals surface area contributed by atoms with Crippen LogP contribution in [0.2, 0.25) is 0 Å². The van der Waals surface area contributed by atoms with Crippen LogP contribution in [0.15, 0.2) is 39.9 Å². The molecule has 0 radical (unpaired) electrons. The number of hydrogen-bond acceptors (Lipinski definition) is 8. The normalized spacial score (nSPS) is 15.2. The van der Waals surface area contributed by atoms with Gasteiger partial charge in [-0.3, -0.25) is 18.7 Å². The number of piperidine rings is 1. The van der Waals surface area contributed by atoms with E-state index in [0.29, 0.717) is 19.0 Å². The molecule has 0 unspecified atom stereocenters. The summed E-state index contributed by atoms with van der Waals surface area (Å²) < 4.78 is 14.5. The van der Waals surface area contributed by atoms with E-state index in [1.165, 1.54) is 11.6 Å². The number of aromatic nitrogens is 4. The highest BCUT2D eigenvalue weighted by Gasteiger charge is 2.29. The monoisotopic (exact) mass is 564 g/mol. The van der Waals surface area contributed by atoms with Gasteiger partial charge in [-0.25, -0.2) is 14.2 Å². The fraction of sp³-hybridized carbons (Fsp3) is 0.483. The van der Waals surface area contributed by atoms with Crippen molar-refractivity contribution >= 4 is 29.2 Å². The van der Waals surface area contributed by atoms with Gasteiger partial charge in [0.05, 0.1) is 6.54 Å². The van der Waals surface area contributed by atoms with Crippen molar-refractivity contribution in [3.05, 3.63) is 56.7 Å². The number of alkyl carbamates (subject to hydrolysis) is 1. The van der Waals surface area contributed by atoms with E-state index in [2.05, 4.69) is 17.2 Å². The van der Waals surface area contributed by atoms with Gasteiger partial charge in [-0.15, -0.1) is 5.92 Å². The Morgan fingerprint density at radius 1 is 1.15 bits per heavy atom. The molecule has 1 saturated heterocycles. The van der Waals surface area contributed by atoms with E-state index < -0.39 is 35.5 Å². The topological polar surface area (TPSA) is 130 Å². The largest absolute Gasteiger partial charge is 0.459 e. The quantitative estimate of drug-likeness (QED) is 0.341. The number of carbonyl (C=O) groups is 2. The van der Waals surface area contributed by atoms with Crippen LogP contribution in [-0.2, 0) is 41.0 Å². The number of nitrogens with zero attached hydrogens (tertiary/aromatic N) is 5. The lowest BCUT2D eigenvalue weighted by Gasteiger charge is -2.34. The first-order valence-electron chi connectivity index (χ1n) is 13.5. The van der Waals surface area contributed by atoms with Crippen molar-refractivity contribution in [3.63, 3.8) is 0 Å². The van der Waals surface area contributed by atoms with Crippen LogP contribution in [0.4, 0.5) is 10.7 Å². The maximum atomic E-state index is 13.7. The first-order valence-corrected chi connectivity index (χ1v) is 13.5. The first kappa shape index (κ1) is 29.5. The summed E-state index contributed by atoms with van der Waals surface area (Å²) in [4.78, 5) is 58.5. The molecule has 0 bridgehead atoms. The molecule has 218 valence electrons. The maximum Gasteiger partial charge on any atom is 0.407 e. The summed E-state index contributed by atoms with van der Waals surface area (Å²) in [6, 6.07) is 8.93. The summed E-state index contributed by atoms with van der Waals surface area (Å²) in [6.07, 6.45) is 1.01. The second kappa shape index (κ2) is 12.3. The van der Waals surface area contributed by atoms with Crippen molar-refractivity contribution in [1.29, 1.82) is 0 Å². The van der Waals surface area contributed by atoms with Crippen LogP contribution < -0.4 is 21.5 Å². The third kappa shape index (κ3) is 6.98. The average Bonchev–Trinajstić information content (AvgIpc) is 3.31. The molecule has 0 spiro atoms. The first-order chi connectivity index (χ1) is 19.5. The minimum Gasteiger partial charge on any atom is -0.459 e. The number of nitrogens with one attached hydrogen (secondary N) is 1. The molecule has 3 aromatic rings. The van der Waals surface area contributed by atoms with Crippen molar-refractivity contribution in [3.8, 4) is 11.8 Å². The molecule has 12 nitrogen and oxygen atoms in total. The van der Waals surface area contributed by atoms with Crippen molar-refractivity contribution in [2.75, 3.05) is 18.0 Å². The molecule has 0 saturated carbocycles. The zero-order chi connectivity index (χ0) is 29.7. The smallest absolute Gasteiger partial charge is 0.407 e. The van der Waals surface area contributed by atoms with E-state index in [0.717, 1.165) is 23.0 Å². The molecule has 3 heterocycles. The van der Waals surface area contributed by atoms with Gasteiger partial charge in [-0.2, -0.15) is 4.98 Å². The number of imidazole rings is 1. The third-order valence-corrected chi connectivity index (χ3v) is 6.58. The Labute approximate surface area is 237 Å². The Balaban J connectivity index is 1.65. The molecule has 1 aliphatic heterocycles. The van der Waals surface area contributed by atoms with Crippen LogP contribution in [0.25, 0.3) is 11.2 Å². The van der Waals surface area contributed by atoms with Gasteiger partial charge in [0.15, 0.2) is 11.2 Å². The van der Waals surface area contributed by atoms with E-state index in [4.69, 9.17) is 14.5 Å². The Hall–Kier alpha value is -4.53. The molecular weight excluding hydrogens is 528 g/mol. The van der Waals surface area contributed by atoms with Crippen molar-refractivity contribution < 1.29 is 19.1 Å². The van der Waals surface area contributed by atoms with E-state index in [9.17, 15) is 19.2 Å². The molecule has 12 heteroatoms. The van der Waals surface area contributed by atoms with Gasteiger partial charge >= 0.3 is 17.8 Å². The van der Waals surface area contributed by atoms with Gasteiger partial charge in [0, 0.05) is 26.2 Å². The van der Waals surface area contributed by atoms with Gasteiger partial charge in [0.2, 0.25) is 5.95 Å². The molecule has 1 aliphatic rings. The molecule has 1 atom stereocenters. The second-order valence-electron chi connectivity index (χ2n) is 10.9. The highest BCUT2D eigenvalue weighted by Crippen LogP contribution is 2.23. The Kier molecular flexibility index (Phi) is 8.86. The predicted molar refractivity (Wildman–Crippen MR) is 154 cm³/mol. The minimum absolute atomic E-state index is 0.0264. The summed E-state index contributed by atoms with van der Waals surface area (Å²) in [5.41, 5.74) is -0.827. The van der Waals surface area contributed by atoms with Crippen LogP contribution >= 0.6 is 0 Å². The fourth-order valence-electron chi connectivity index (χ4n) is 4.71. The van der Waals surface area contributed by atoms with Crippen molar-refractivity contribution in [2.45, 2.75) is 71.9 Å². The summed E-state index contributed by atoms with van der Waals surface area (Å²) in [5, 5.41) is 2.92. The summed E-state index contributed by atoms with van der Waals surface area (Å²) in [6.45, 7) is 7.79. The van der Waals surface area contributed by atoms with E-state index in [1.54, 1.807) is 32.3 Å². The van der Waals surface area contributed by atoms with Crippen molar-refractivity contribution in [2.24, 2.45) is 7.05 Å². The minimum atomic E-state index is -0.709. The average molecular weight is 565 g/mol. The van der Waals surface area contributed by atoms with E-state index in [-0.39, 0.29) is 30.4 Å². The Morgan fingerprint density at radius 3 is 2.56 bits per heavy atom. The molecule has 0 aliphatic carbocycles. The van der Waals surface area contributed by atoms with Crippen molar-refractivity contribution in [1.82, 2.24) is 24.0 Å². The van der Waals surface area contributed by atoms with Gasteiger partial charge < -0.3 is 19.7 Å². The molecule has 41 heavy (non-hydrogen) atoms. The molecule has 1 amide bonds. The number of aryl methyl sites for hydroxylation is 1. The number of esters is 1. The van der Waals surface area contributed by atoms with Gasteiger partial charge in [-0.05, 0) is 46.1 Å². The highest BCUT2D eigenvalue weighted by molar-refractivity contribution is 5.76. The Morgan fingerprint density at radius 2 is 1.88 bits per heavy atom. The third-order valence-electron chi connectivity index (χ3n) is 6.58. The second-order valence-corrected chi connectivity index (χ2v) is 10.9. The van der Waals surface area contributed by atoms with Crippen LogP contribution in [-0.4, -0.2) is 55.5 Å². The molecule has 1 aromatic carbocycles. The summed E-state index contributed by atoms with van der Waals surface area (Å²) >= 11 is 0. The zero-order valence-electron chi connectivity index (χ0n) is 24.1. The number of amides is 1. The number of anilines is 1. The van der Waals surface area contributed by atoms with Crippen LogP contribution in [0.5, 0.6) is 0 Å². The summed E-state index contributed by atoms with van der Waals surface area (Å²) in [7, 11) is 1.51. The SMILES string of the molecule is CC#CCn1c(N2CCC[C@@H](NC(=O)OC(C)(C)C)C2)nc2c1c(=O)n(CC(=O)OCc1ccccc1)c(=O)n2C. The lowest BCUT2D eigenvalue weighted by atomic mass is 10.1. The summed E-state index contributed by atoms with van der Waals surface area (Å²) in [5.74, 6) is 5.57. The maximum absolute atomic E-state index is 13.7. The lowest BCUT2D eigenvalue weighted by Crippen LogP contribution is -2.49. The fourth-order valence-corrected chi connectivity index (χ4v) is 4.71. The molecule has 2 aromatic heterocycles. The predicted octanol–water partition coefficient (Wildman–Crippen LogP) is 2.16. The molecule has 1 fully saturated rings. The standard InChI is InChI=1S/C29H36N6O6/c1-6-7-16-34-23-24(31-26(34)33-15-11-14-21(17-33)30-27(38)41-29(2,3)4)32(5)28(39)35(25(23)37)18-22(36)40-19-20-12-9-8-10-13-20/h8-10,12-13,21H,11,14-19H2,1-5H3,(H,30,38)/t21-/m1/s1. The number of fused-ring (bicyclic) bond motifs is 1. The van der Waals surface area contributed by atoms with Crippen LogP contribution in [0.3, 0.4) is 0 Å². The molecular formula is C29H36N6O6. The number of rotatable bonds is 7. The van der Waals surface area contributed by atoms with Gasteiger partial charge in [0.25, 0.3) is 5.56 Å². The number of benzene rings is 1. The zero-order valence-corrected chi connectivity index (χ0v) is 24.1. The van der Waals surface area contributed by atoms with E-state index >= 15 is 0 Å². The van der Waals surface area contributed by atoms with Crippen LogP contribution in [0.1, 0.15) is 46.1 Å². The van der Waals surface area contributed by atoms with E-state index in [1.807, 2.05) is 35.2 Å². The lowest BCUT2D eigenvalue weighted by molar-refractivity contribution is -0.145. The molecule has 1 N–H and O–H groups in total. The molecule has 4 rings (SSSR count). The number of carbonyl (C=O) groups excluding carboxylic acids is 2. The highest BCUT2D eigenvalue weighted by atomic mass is 16.6. The Bertz CT molecular complexity index is 1600. The van der Waals surface area contributed by atoms with Gasteiger partial charge in [-0.1, -0.05) is 36.3 Å². The number of ether oxygens (including phenoxy) is 2. The number of hydrogen-bond donors (Lipinski definition) is 1. The van der Waals surface area contributed by atoms with Crippen LogP contribution in [0, 0.1) is 11.8 Å². The van der Waals surface area contributed by atoms with Gasteiger partial charge in [0.1, 0.15) is 18.8 Å².